The number of aromatic hydroxyl groups is 1. The van der Waals surface area contributed by atoms with E-state index in [9.17, 15) is 121 Å². The summed E-state index contributed by atoms with van der Waals surface area (Å²) in [4.78, 5) is 299. The fraction of sp³-hybridized carbons (Fsp3) is 0.581. The molecule has 2 aliphatic heterocycles. The van der Waals surface area contributed by atoms with Gasteiger partial charge < -0.3 is 138 Å². The number of nitrogens with one attached hydrogen (secondary N) is 20. The Morgan fingerprint density at radius 1 is 0.503 bits per heavy atom. The first-order valence-corrected chi connectivity index (χ1v) is 49.7. The Hall–Kier alpha value is -14.1. The van der Waals surface area contributed by atoms with E-state index in [2.05, 4.69) is 105 Å². The van der Waals surface area contributed by atoms with Gasteiger partial charge in [0.1, 0.15) is 78.3 Å². The number of primary amides is 2. The Morgan fingerprint density at radius 3 is 1.65 bits per heavy atom. The van der Waals surface area contributed by atoms with E-state index in [1.165, 1.54) is 55.5 Å². The minimum atomic E-state index is -1.79. The smallest absolute Gasteiger partial charge is 0.317 e. The standard InChI is InChI=1S/C93H141N27O25S.Cu/c1-52(2)39-66(89(142)111-61(81(95)134)28-38-146-6)113-91(144)68(43-58-45-98-51-104-58)110-75(126)47-103-92(145)80(53(3)4)117-82(135)54(5)105-88(141)69(42-57-41-56-15-9-10-16-60(56)106-57)115-87(140)65(24-26-71(94)122)107-73(124)19-8-7-12-29-99-72(123)27-25-64(109-76(127)48-118-32-34-119(49-78(130)131)36-37-120(35-33-118)50-79(132)133)83(136)100-30-13-11-17-63-86(139)114-67(40-55-20-22-59(121)23-21-55)90(143)116-70(44-77(128)129)84(137)102-46-74(125)108-62(85(138)112-63)18-14-31-101-93(96)97;/h9-10,15-16,20-23,41,45,51-54,61-70,80,106,121H,7-8,11-14,17-19,24-40,42-44,46-50H2,1-6H3,(H2,94,122)(H2,95,134)(H,98,104)(H,99,123)(H,100,136)(H,102,137)(H,103,145)(H,105,141)(H,107,124)(H,108,125)(H,109,127)(H,110,126)(H,111,142)(H,112,138)(H,113,144)(H,114,139)(H,115,140)(H,116,143)(H,117,135)(H,128,129)(H,130,131)(H,132,133)(H4,96,97,101);/t54-,61+,62+,63+,64?,65-,66-,67-,68+,69+,70+,80+;/m0./s1/i;1+0. The normalized spacial score (nSPS) is 17.3. The summed E-state index contributed by atoms with van der Waals surface area (Å²) in [6.07, 6.45) is 2.34. The van der Waals surface area contributed by atoms with E-state index in [0.29, 0.717) is 34.6 Å². The second kappa shape index (κ2) is 64.7. The van der Waals surface area contributed by atoms with E-state index in [-0.39, 0.29) is 210 Å². The van der Waals surface area contributed by atoms with Gasteiger partial charge in [-0.1, -0.05) is 64.4 Å². The average molecular weight is 2130 g/mol. The fourth-order valence-electron chi connectivity index (χ4n) is 15.7. The van der Waals surface area contributed by atoms with Crippen molar-refractivity contribution in [3.05, 3.63) is 84.1 Å². The van der Waals surface area contributed by atoms with Crippen molar-refractivity contribution in [2.24, 2.45) is 29.0 Å². The first-order chi connectivity index (χ1) is 69.3. The number of aromatic nitrogens is 3. The number of para-hydroxylation sites is 1. The molecule has 147 heavy (non-hydrogen) atoms. The summed E-state index contributed by atoms with van der Waals surface area (Å²) in [5.74, 6) is -19.8. The van der Waals surface area contributed by atoms with Gasteiger partial charge in [0.05, 0.1) is 51.2 Å². The Bertz CT molecular complexity index is 5070. The molecule has 6 rings (SSSR count). The first-order valence-electron chi connectivity index (χ1n) is 48.3. The van der Waals surface area contributed by atoms with Gasteiger partial charge in [0.2, 0.25) is 106 Å². The molecule has 4 heterocycles. The number of thioether (sulfide) groups is 1. The van der Waals surface area contributed by atoms with Crippen LogP contribution >= 0.6 is 11.8 Å². The number of carbonyl (C=O) groups is 21. The molecule has 2 saturated heterocycles. The molecule has 54 heteroatoms. The molecule has 0 aliphatic carbocycles. The largest absolute Gasteiger partial charge is 0.508 e. The Morgan fingerprint density at radius 2 is 1.05 bits per heavy atom. The van der Waals surface area contributed by atoms with E-state index in [0.717, 1.165) is 5.39 Å². The maximum absolute atomic E-state index is 14.6. The summed E-state index contributed by atoms with van der Waals surface area (Å²) >= 11 is 1.44. The molecule has 0 bridgehead atoms. The van der Waals surface area contributed by atoms with Gasteiger partial charge in [-0.05, 0) is 137 Å². The van der Waals surface area contributed by atoms with Crippen LogP contribution in [0.25, 0.3) is 10.9 Å². The van der Waals surface area contributed by atoms with E-state index in [1.54, 1.807) is 58.9 Å². The van der Waals surface area contributed by atoms with E-state index < -0.39 is 235 Å². The molecule has 12 atom stereocenters. The number of rotatable bonds is 59. The third-order valence-corrected chi connectivity index (χ3v) is 24.2. The number of aromatic amines is 2. The number of benzene rings is 2. The molecule has 2 fully saturated rings. The van der Waals surface area contributed by atoms with Crippen LogP contribution in [0, 0.1) is 17.2 Å². The van der Waals surface area contributed by atoms with Gasteiger partial charge >= 0.3 is 17.9 Å². The topological polar surface area (TPSA) is 800 Å². The number of hydrogen-bond donors (Lipinski definition) is 27. The minimum Gasteiger partial charge on any atom is -0.508 e. The van der Waals surface area contributed by atoms with Crippen molar-refractivity contribution >= 4 is 153 Å². The SMILES string of the molecule is CSCC[C@@H](NC(=O)[C@H](CC(C)C)NC(=O)[C@@H](Cc1c[nH]cn1)NC(=O)CNC(=O)[C@H](NC(=O)[C@H](C)NC(=O)[C@@H](Cc1cc2ccccc2[nH]1)NC(=O)[C@H](CCC(N)=O)NC(=O)CCCCCNC(=O)CCC(NC(=O)CN1CCN(CC(=O)O)CCN(CC(=O)O)CC1)C(=O)NCCCC[C@H]1NC(=O)[C@@H](CCCNC(=N)N)NC(=O)CNC(=O)[C@@H](CC(=O)O)NC(=O)[C@H](Cc2ccc(O)cc2)NC1=O)C(C)C)C(N)=O.[64Cu]. The maximum Gasteiger partial charge on any atom is 0.317 e. The second-order valence-electron chi connectivity index (χ2n) is 36.5. The zero-order chi connectivity index (χ0) is 108. The van der Waals surface area contributed by atoms with Crippen molar-refractivity contribution in [3.63, 3.8) is 0 Å². The van der Waals surface area contributed by atoms with E-state index in [1.807, 2.05) is 20.1 Å². The molecule has 815 valence electrons. The van der Waals surface area contributed by atoms with Gasteiger partial charge in [-0.2, -0.15) is 11.8 Å². The molecule has 52 nitrogen and oxygen atoms in total. The van der Waals surface area contributed by atoms with Crippen LogP contribution in [0.3, 0.4) is 0 Å². The van der Waals surface area contributed by atoms with Crippen LogP contribution in [-0.2, 0) is 137 Å². The predicted molar refractivity (Wildman–Crippen MR) is 529 cm³/mol. The number of fused-ring (bicyclic) bond motifs is 1. The number of aliphatic carboxylic acids is 3. The van der Waals surface area contributed by atoms with Gasteiger partial charge in [-0.25, -0.2) is 4.98 Å². The number of H-pyrrole nitrogens is 2. The van der Waals surface area contributed by atoms with Gasteiger partial charge in [0.25, 0.3) is 0 Å². The zero-order valence-electron chi connectivity index (χ0n) is 83.1. The number of phenols is 1. The fourth-order valence-corrected chi connectivity index (χ4v) is 16.2. The average Bonchev–Trinajstić information content (AvgIpc) is 1.69. The maximum atomic E-state index is 14.6. The number of hydrogen-bond acceptors (Lipinski definition) is 28. The molecule has 4 aromatic rings. The number of unbranched alkanes of at least 4 members (excludes halogenated alkanes) is 3. The minimum absolute atomic E-state index is 0. The van der Waals surface area contributed by atoms with Crippen LogP contribution in [0.5, 0.6) is 5.75 Å². The summed E-state index contributed by atoms with van der Waals surface area (Å²) in [7, 11) is 0. The first kappa shape index (κ1) is 123. The molecule has 30 N–H and O–H groups in total. The molecule has 2 aromatic carbocycles. The van der Waals surface area contributed by atoms with Crippen LogP contribution in [-0.4, -0.2) is 356 Å². The van der Waals surface area contributed by atoms with Gasteiger partial charge in [0, 0.05) is 132 Å². The summed E-state index contributed by atoms with van der Waals surface area (Å²) in [5, 5.41) is 91.3. The van der Waals surface area contributed by atoms with Gasteiger partial charge in [-0.3, -0.25) is 121 Å². The van der Waals surface area contributed by atoms with Crippen LogP contribution in [0.4, 0.5) is 0 Å². The van der Waals surface area contributed by atoms with Crippen LogP contribution in [0.1, 0.15) is 154 Å². The second-order valence-corrected chi connectivity index (χ2v) is 37.5. The van der Waals surface area contributed by atoms with Crippen molar-refractivity contribution in [1.82, 2.24) is 120 Å². The van der Waals surface area contributed by atoms with Crippen molar-refractivity contribution in [2.75, 3.05) is 104 Å². The Kier molecular flexibility index (Phi) is 54.3. The molecule has 0 saturated carbocycles. The van der Waals surface area contributed by atoms with Crippen LogP contribution < -0.4 is 108 Å². The third-order valence-electron chi connectivity index (χ3n) is 23.6. The third kappa shape index (κ3) is 47.3. The summed E-state index contributed by atoms with van der Waals surface area (Å²) in [6.45, 7) is 6.35. The number of nitrogens with zero attached hydrogens (tertiary/aromatic N) is 4. The van der Waals surface area contributed by atoms with Gasteiger partial charge in [0.15, 0.2) is 5.96 Å². The Labute approximate surface area is 863 Å². The number of carboxylic acids is 3. The van der Waals surface area contributed by atoms with Crippen molar-refractivity contribution in [2.45, 2.75) is 229 Å². The molecule has 2 aliphatic rings. The van der Waals surface area contributed by atoms with E-state index in [4.69, 9.17) is 22.6 Å². The molecule has 18 amide bonds. The van der Waals surface area contributed by atoms with Crippen LogP contribution in [0.15, 0.2) is 67.1 Å². The molecule has 1 radical (unpaired) electrons. The molecule has 1 unspecified atom stereocenters. The number of carbonyl (C=O) groups excluding carboxylic acids is 18. The van der Waals surface area contributed by atoms with Gasteiger partial charge in [-0.15, -0.1) is 0 Å². The summed E-state index contributed by atoms with van der Waals surface area (Å²) < 4.78 is 0. The number of imidazole rings is 1. The van der Waals surface area contributed by atoms with Crippen molar-refractivity contribution in [1.29, 1.82) is 5.41 Å². The van der Waals surface area contributed by atoms with Crippen LogP contribution in [0.2, 0.25) is 0 Å². The molecular weight excluding hydrogens is 1990 g/mol. The number of amides is 18. The Balaban J connectivity index is 0.0000380. The van der Waals surface area contributed by atoms with Crippen molar-refractivity contribution < 1.29 is 138 Å². The number of guanidine groups is 1. The molecular formula is C93H141CuN27O25S. The monoisotopic (exact) mass is 2130 g/mol. The van der Waals surface area contributed by atoms with E-state index >= 15 is 0 Å². The molecule has 0 spiro atoms. The zero-order valence-corrected chi connectivity index (χ0v) is 84.8. The summed E-state index contributed by atoms with van der Waals surface area (Å²) in [6, 6.07) is -2.67. The quantitative estimate of drug-likeness (QED) is 0.00846. The number of phenolic OH excluding ortho intramolecular Hbond substituents is 1. The number of nitrogens with two attached hydrogens (primary N) is 3. The molecule has 2 aromatic heterocycles. The van der Waals surface area contributed by atoms with Crippen molar-refractivity contribution in [3.8, 4) is 5.75 Å². The summed E-state index contributed by atoms with van der Waals surface area (Å²) in [5.41, 5.74) is 18.4. The predicted octanol–water partition coefficient (Wildman–Crippen LogP) is -6.52. The number of carboxylic acid groups (broad SMARTS) is 3.